The zero-order valence-corrected chi connectivity index (χ0v) is 11.6. The van der Waals surface area contributed by atoms with Crippen LogP contribution in [0.1, 0.15) is 29.8 Å². The Kier molecular flexibility index (Phi) is 4.04. The lowest BCUT2D eigenvalue weighted by Gasteiger charge is -2.18. The number of hydrogen-bond acceptors (Lipinski definition) is 3. The Morgan fingerprint density at radius 2 is 1.90 bits per heavy atom. The molecule has 0 radical (unpaired) electrons. The van der Waals surface area contributed by atoms with Crippen molar-refractivity contribution in [3.05, 3.63) is 29.3 Å². The Labute approximate surface area is 119 Å². The van der Waals surface area contributed by atoms with Crippen molar-refractivity contribution in [2.24, 2.45) is 0 Å². The number of halogens is 3. The minimum absolute atomic E-state index is 0.181. The number of ketones is 1. The standard InChI is InChI=1S/C14H15F3N2O2/c1-8(2)18-5-6-19-11-4-3-9(14(15,16)17)7-10(11)12(20)13(19)21/h3-4,7-8,18H,5-6H2,1-2H3. The number of anilines is 1. The quantitative estimate of drug-likeness (QED) is 0.868. The SMILES string of the molecule is CC(C)NCCN1C(=O)C(=O)c2cc(C(F)(F)F)ccc21. The molecule has 1 aromatic rings. The smallest absolute Gasteiger partial charge is 0.313 e. The van der Waals surface area contributed by atoms with Crippen molar-refractivity contribution in [2.75, 3.05) is 18.0 Å². The zero-order valence-electron chi connectivity index (χ0n) is 11.6. The van der Waals surface area contributed by atoms with Crippen LogP contribution in [-0.4, -0.2) is 30.8 Å². The van der Waals surface area contributed by atoms with Gasteiger partial charge in [-0.3, -0.25) is 9.59 Å². The number of carbonyl (C=O) groups excluding carboxylic acids is 2. The Morgan fingerprint density at radius 1 is 1.24 bits per heavy atom. The highest BCUT2D eigenvalue weighted by molar-refractivity contribution is 6.52. The van der Waals surface area contributed by atoms with Crippen LogP contribution in [0.5, 0.6) is 0 Å². The van der Waals surface area contributed by atoms with E-state index >= 15 is 0 Å². The Morgan fingerprint density at radius 3 is 2.48 bits per heavy atom. The summed E-state index contributed by atoms with van der Waals surface area (Å²) in [5.41, 5.74) is -0.868. The van der Waals surface area contributed by atoms with Gasteiger partial charge in [0.05, 0.1) is 16.8 Å². The number of hydrogen-bond donors (Lipinski definition) is 1. The first-order chi connectivity index (χ1) is 9.71. The second kappa shape index (κ2) is 5.48. The summed E-state index contributed by atoms with van der Waals surface area (Å²) in [6.45, 7) is 4.55. The van der Waals surface area contributed by atoms with Crippen molar-refractivity contribution < 1.29 is 22.8 Å². The van der Waals surface area contributed by atoms with Gasteiger partial charge in [-0.2, -0.15) is 13.2 Å². The molecule has 4 nitrogen and oxygen atoms in total. The van der Waals surface area contributed by atoms with Crippen molar-refractivity contribution in [3.8, 4) is 0 Å². The van der Waals surface area contributed by atoms with E-state index in [4.69, 9.17) is 0 Å². The minimum Gasteiger partial charge on any atom is -0.313 e. The van der Waals surface area contributed by atoms with Crippen molar-refractivity contribution in [3.63, 3.8) is 0 Å². The summed E-state index contributed by atoms with van der Waals surface area (Å²) >= 11 is 0. The first-order valence-corrected chi connectivity index (χ1v) is 6.52. The van der Waals surface area contributed by atoms with Gasteiger partial charge < -0.3 is 10.2 Å². The van der Waals surface area contributed by atoms with Gasteiger partial charge in [0.15, 0.2) is 0 Å². The molecule has 0 bridgehead atoms. The second-order valence-electron chi connectivity index (χ2n) is 5.12. The number of amides is 1. The minimum atomic E-state index is -4.54. The summed E-state index contributed by atoms with van der Waals surface area (Å²) in [7, 11) is 0. The highest BCUT2D eigenvalue weighted by Gasteiger charge is 2.39. The van der Waals surface area contributed by atoms with E-state index in [0.29, 0.717) is 6.54 Å². The van der Waals surface area contributed by atoms with Crippen molar-refractivity contribution >= 4 is 17.4 Å². The molecule has 0 saturated heterocycles. The van der Waals surface area contributed by atoms with E-state index in [-0.39, 0.29) is 23.8 Å². The van der Waals surface area contributed by atoms with E-state index in [1.807, 2.05) is 13.8 Å². The van der Waals surface area contributed by atoms with Crippen LogP contribution in [0.2, 0.25) is 0 Å². The van der Waals surface area contributed by atoms with E-state index in [1.165, 1.54) is 11.0 Å². The van der Waals surface area contributed by atoms with Gasteiger partial charge in [-0.25, -0.2) is 0 Å². The summed E-state index contributed by atoms with van der Waals surface area (Å²) in [6.07, 6.45) is -4.54. The maximum atomic E-state index is 12.6. The number of nitrogens with one attached hydrogen (secondary N) is 1. The molecule has 0 saturated carbocycles. The monoisotopic (exact) mass is 300 g/mol. The zero-order chi connectivity index (χ0) is 15.8. The van der Waals surface area contributed by atoms with Gasteiger partial charge in [0, 0.05) is 19.1 Å². The number of nitrogens with zero attached hydrogens (tertiary/aromatic N) is 1. The molecule has 114 valence electrons. The van der Waals surface area contributed by atoms with E-state index in [2.05, 4.69) is 5.32 Å². The topological polar surface area (TPSA) is 49.4 Å². The third-order valence-electron chi connectivity index (χ3n) is 3.19. The molecule has 21 heavy (non-hydrogen) atoms. The van der Waals surface area contributed by atoms with Crippen molar-refractivity contribution in [2.45, 2.75) is 26.1 Å². The molecule has 0 atom stereocenters. The number of Topliss-reactive ketones (excluding diaryl/α,β-unsaturated/α-hetero) is 1. The first-order valence-electron chi connectivity index (χ1n) is 6.52. The van der Waals surface area contributed by atoms with Crippen LogP contribution >= 0.6 is 0 Å². The Balaban J connectivity index is 2.26. The van der Waals surface area contributed by atoms with E-state index in [9.17, 15) is 22.8 Å². The number of alkyl halides is 3. The molecule has 0 spiro atoms. The highest BCUT2D eigenvalue weighted by Crippen LogP contribution is 2.35. The van der Waals surface area contributed by atoms with Gasteiger partial charge in [-0.05, 0) is 18.2 Å². The number of rotatable bonds is 4. The van der Waals surface area contributed by atoms with E-state index in [1.54, 1.807) is 0 Å². The molecule has 0 fully saturated rings. The molecule has 0 aliphatic carbocycles. The van der Waals surface area contributed by atoms with Gasteiger partial charge in [0.25, 0.3) is 11.7 Å². The summed E-state index contributed by atoms with van der Waals surface area (Å²) in [6, 6.07) is 3.01. The molecule has 1 aromatic carbocycles. The molecule has 0 unspecified atom stereocenters. The van der Waals surface area contributed by atoms with Crippen molar-refractivity contribution in [1.82, 2.24) is 5.32 Å². The number of carbonyl (C=O) groups is 2. The molecule has 2 rings (SSSR count). The molecule has 1 aliphatic heterocycles. The first kappa shape index (κ1) is 15.5. The van der Waals surface area contributed by atoms with E-state index in [0.717, 1.165) is 12.1 Å². The number of benzene rings is 1. The van der Waals surface area contributed by atoms with Crippen LogP contribution in [0.25, 0.3) is 0 Å². The van der Waals surface area contributed by atoms with Crippen molar-refractivity contribution in [1.29, 1.82) is 0 Å². The van der Waals surface area contributed by atoms with Crippen LogP contribution in [-0.2, 0) is 11.0 Å². The lowest BCUT2D eigenvalue weighted by Crippen LogP contribution is -2.37. The van der Waals surface area contributed by atoms with Crippen LogP contribution in [0.3, 0.4) is 0 Å². The molecule has 1 N–H and O–H groups in total. The van der Waals surface area contributed by atoms with Crippen LogP contribution in [0, 0.1) is 0 Å². The summed E-state index contributed by atoms with van der Waals surface area (Å²) in [5, 5.41) is 3.09. The highest BCUT2D eigenvalue weighted by atomic mass is 19.4. The maximum absolute atomic E-state index is 12.6. The molecular formula is C14H15F3N2O2. The lowest BCUT2D eigenvalue weighted by molar-refractivity contribution is -0.137. The maximum Gasteiger partial charge on any atom is 0.416 e. The fraction of sp³-hybridized carbons (Fsp3) is 0.429. The molecule has 7 heteroatoms. The number of fused-ring (bicyclic) bond motifs is 1. The van der Waals surface area contributed by atoms with Gasteiger partial charge in [-0.1, -0.05) is 13.8 Å². The average molecular weight is 300 g/mol. The van der Waals surface area contributed by atoms with Crippen LogP contribution in [0.4, 0.5) is 18.9 Å². The Hall–Kier alpha value is -1.89. The van der Waals surface area contributed by atoms with E-state index < -0.39 is 23.4 Å². The predicted octanol–water partition coefficient (Wildman–Crippen LogP) is 2.23. The summed E-state index contributed by atoms with van der Waals surface area (Å²) in [4.78, 5) is 24.9. The molecule has 1 heterocycles. The van der Waals surface area contributed by atoms with Gasteiger partial charge in [0.2, 0.25) is 0 Å². The third kappa shape index (κ3) is 3.07. The molecule has 1 amide bonds. The van der Waals surface area contributed by atoms with Crippen LogP contribution < -0.4 is 10.2 Å². The van der Waals surface area contributed by atoms with Gasteiger partial charge in [0.1, 0.15) is 0 Å². The van der Waals surface area contributed by atoms with Crippen LogP contribution in [0.15, 0.2) is 18.2 Å². The average Bonchev–Trinajstić information content (AvgIpc) is 2.62. The molecule has 0 aromatic heterocycles. The molecule has 1 aliphatic rings. The van der Waals surface area contributed by atoms with Gasteiger partial charge in [-0.15, -0.1) is 0 Å². The Bertz CT molecular complexity index is 582. The predicted molar refractivity (Wildman–Crippen MR) is 71.3 cm³/mol. The summed E-state index contributed by atoms with van der Waals surface area (Å²) < 4.78 is 37.9. The fourth-order valence-corrected chi connectivity index (χ4v) is 2.16. The normalized spacial score (nSPS) is 15.0. The largest absolute Gasteiger partial charge is 0.416 e. The second-order valence-corrected chi connectivity index (χ2v) is 5.12. The fourth-order valence-electron chi connectivity index (χ4n) is 2.16. The molecular weight excluding hydrogens is 285 g/mol. The summed E-state index contributed by atoms with van der Waals surface area (Å²) in [5.74, 6) is -1.67. The lowest BCUT2D eigenvalue weighted by atomic mass is 10.1. The van der Waals surface area contributed by atoms with Gasteiger partial charge >= 0.3 is 6.18 Å². The third-order valence-corrected chi connectivity index (χ3v) is 3.19.